The molecule has 0 saturated carbocycles. The topological polar surface area (TPSA) is 0 Å². The molecule has 1 aliphatic heterocycles. The van der Waals surface area contributed by atoms with Crippen LogP contribution >= 0.6 is 22.7 Å². The molecule has 0 aromatic carbocycles. The fourth-order valence-electron chi connectivity index (χ4n) is 5.51. The molecule has 0 aliphatic carbocycles. The van der Waals surface area contributed by atoms with E-state index in [4.69, 9.17) is 0 Å². The standard InChI is InChI=1S/C24H36NS2.6CH3.2Sn/c1-3-5-7-9-11-13-17-25(18-14-12-10-8-6-4-2)21-15-19-26-23(21)24-22(25)16-20-27-24;;;;;;;;/h15-16H,3-14,17-18H2,1-2H3;6*1H3;;/q+1;;;;;;;;. The summed E-state index contributed by atoms with van der Waals surface area (Å²) in [5.74, 6) is 0. The Hall–Kier alpha value is 0.957. The summed E-state index contributed by atoms with van der Waals surface area (Å²) in [5.41, 5.74) is 3.44. The van der Waals surface area contributed by atoms with Crippen molar-refractivity contribution in [2.24, 2.45) is 0 Å². The number of fused-ring (bicyclic) bond motifs is 3. The first-order valence-corrected chi connectivity index (χ1v) is 36.3. The van der Waals surface area contributed by atoms with Gasteiger partial charge in [0.2, 0.25) is 0 Å². The number of unbranched alkanes of at least 4 members (excludes halogenated alkanes) is 10. The summed E-state index contributed by atoms with van der Waals surface area (Å²) in [4.78, 5) is 19.0. The molecule has 5 heteroatoms. The van der Waals surface area contributed by atoms with Crippen LogP contribution in [0.2, 0.25) is 29.6 Å². The van der Waals surface area contributed by atoms with Crippen LogP contribution in [0.3, 0.4) is 0 Å². The second-order valence-corrected chi connectivity index (χ2v) is 46.0. The van der Waals surface area contributed by atoms with Crippen LogP contribution in [0.4, 0.5) is 11.4 Å². The number of thiophene rings is 2. The van der Waals surface area contributed by atoms with Gasteiger partial charge in [0.15, 0.2) is 0 Å². The van der Waals surface area contributed by atoms with E-state index in [9.17, 15) is 0 Å². The third-order valence-electron chi connectivity index (χ3n) is 7.82. The quantitative estimate of drug-likeness (QED) is 0.0917. The van der Waals surface area contributed by atoms with Crippen LogP contribution in [0.1, 0.15) is 90.9 Å². The average molecular weight is 730 g/mol. The van der Waals surface area contributed by atoms with Crippen LogP contribution in [-0.2, 0) is 0 Å². The van der Waals surface area contributed by atoms with Crippen LogP contribution in [0, 0.1) is 0 Å². The summed E-state index contributed by atoms with van der Waals surface area (Å²) in [7, 11) is 0. The number of hydrogen-bond acceptors (Lipinski definition) is 2. The van der Waals surface area contributed by atoms with Gasteiger partial charge in [-0.15, -0.1) is 0 Å². The first-order valence-electron chi connectivity index (χ1n) is 14.7. The van der Waals surface area contributed by atoms with E-state index in [1.54, 1.807) is 26.9 Å². The Bertz CT molecular complexity index is 853. The Kier molecular flexibility index (Phi) is 11.6. The molecule has 3 rings (SSSR count). The van der Waals surface area contributed by atoms with E-state index in [0.717, 1.165) is 0 Å². The molecule has 0 fully saturated rings. The molecule has 2 aromatic heterocycles. The summed E-state index contributed by atoms with van der Waals surface area (Å²) >= 11 is 0.193. The van der Waals surface area contributed by atoms with Crippen molar-refractivity contribution in [3.05, 3.63) is 12.1 Å². The zero-order valence-electron chi connectivity index (χ0n) is 24.3. The van der Waals surface area contributed by atoms with Gasteiger partial charge in [-0.2, -0.15) is 0 Å². The first-order chi connectivity index (χ1) is 16.5. The third kappa shape index (κ3) is 7.54. The van der Waals surface area contributed by atoms with Gasteiger partial charge in [0.05, 0.1) is 0 Å². The maximum absolute atomic E-state index is 2.73. The molecule has 0 N–H and O–H groups in total. The predicted octanol–water partition coefficient (Wildman–Crippen LogP) is 10.2. The number of rotatable bonds is 16. The molecule has 0 saturated heterocycles. The number of quaternary nitrogens is 1. The summed E-state index contributed by atoms with van der Waals surface area (Å²) in [5, 5.41) is 0. The molecule has 3 heterocycles. The van der Waals surface area contributed by atoms with Crippen LogP contribution < -0.4 is 10.3 Å². The van der Waals surface area contributed by atoms with Crippen LogP contribution in [0.25, 0.3) is 9.75 Å². The molecule has 0 atom stereocenters. The molecule has 0 unspecified atom stereocenters. The molecular formula is C30H54NS2Sn2+. The molecule has 0 amide bonds. The molecule has 198 valence electrons. The van der Waals surface area contributed by atoms with Crippen molar-refractivity contribution in [3.63, 3.8) is 0 Å². The monoisotopic (exact) mass is 732 g/mol. The Labute approximate surface area is 234 Å². The average Bonchev–Trinajstić information content (AvgIpc) is 3.46. The number of hydrogen-bond donors (Lipinski definition) is 0. The zero-order valence-corrected chi connectivity index (χ0v) is 31.7. The van der Waals surface area contributed by atoms with Crippen molar-refractivity contribution in [2.75, 3.05) is 13.1 Å². The van der Waals surface area contributed by atoms with Crippen molar-refractivity contribution in [1.29, 1.82) is 0 Å². The van der Waals surface area contributed by atoms with Gasteiger partial charge in [-0.1, -0.05) is 0 Å². The summed E-state index contributed by atoms with van der Waals surface area (Å²) in [6.45, 7) is 7.31. The van der Waals surface area contributed by atoms with Crippen LogP contribution in [0.5, 0.6) is 0 Å². The fraction of sp³-hybridized carbons (Fsp3) is 0.733. The Morgan fingerprint density at radius 3 is 1.23 bits per heavy atom. The minimum absolute atomic E-state index is 1.20. The Balaban J connectivity index is 1.95. The molecule has 0 bridgehead atoms. The SMILES string of the molecule is CCCCCCCC[N+]1(CCCCCCCC)c2c[c]([Sn]([CH3])([CH3])[CH3])sc2-c2s[c]([Sn]([CH3])([CH3])[CH3])cc21. The molecule has 1 aliphatic rings. The Morgan fingerprint density at radius 2 is 0.886 bits per heavy atom. The first kappa shape index (κ1) is 30.5. The third-order valence-corrected chi connectivity index (χ3v) is 29.1. The van der Waals surface area contributed by atoms with E-state index in [2.05, 4.69) is 78.3 Å². The van der Waals surface area contributed by atoms with E-state index in [0.29, 0.717) is 0 Å². The molecule has 2 aromatic rings. The molecular weight excluding hydrogens is 676 g/mol. The normalized spacial score (nSPS) is 15.0. The van der Waals surface area contributed by atoms with Gasteiger partial charge in [0, 0.05) is 0 Å². The van der Waals surface area contributed by atoms with Gasteiger partial charge in [0.1, 0.15) is 0 Å². The van der Waals surface area contributed by atoms with Crippen LogP contribution in [0.15, 0.2) is 12.1 Å². The van der Waals surface area contributed by atoms with Gasteiger partial charge < -0.3 is 0 Å². The van der Waals surface area contributed by atoms with Crippen molar-refractivity contribution in [3.8, 4) is 9.75 Å². The predicted molar refractivity (Wildman–Crippen MR) is 172 cm³/mol. The van der Waals surface area contributed by atoms with Gasteiger partial charge in [-0.3, -0.25) is 0 Å². The van der Waals surface area contributed by atoms with E-state index in [1.807, 2.05) is 0 Å². The fourth-order valence-corrected chi connectivity index (χ4v) is 18.5. The zero-order chi connectivity index (χ0) is 25.7. The van der Waals surface area contributed by atoms with E-state index in [1.165, 1.54) is 94.6 Å². The molecule has 0 radical (unpaired) electrons. The maximum atomic E-state index is 2.73. The molecule has 35 heavy (non-hydrogen) atoms. The van der Waals surface area contributed by atoms with Crippen molar-refractivity contribution in [2.45, 2.75) is 121 Å². The number of nitrogens with zero attached hydrogens (tertiary/aromatic N) is 1. The second-order valence-electron chi connectivity index (χ2n) is 13.1. The van der Waals surface area contributed by atoms with Crippen LogP contribution in [-0.4, -0.2) is 49.8 Å². The van der Waals surface area contributed by atoms with Crippen molar-refractivity contribution in [1.82, 2.24) is 4.48 Å². The van der Waals surface area contributed by atoms with Gasteiger partial charge in [0.25, 0.3) is 0 Å². The summed E-state index contributed by atoms with van der Waals surface area (Å²) < 4.78 is 4.78. The summed E-state index contributed by atoms with van der Waals surface area (Å²) in [6, 6.07) is 5.47. The molecule has 0 spiro atoms. The molecule has 1 nitrogen and oxygen atoms in total. The van der Waals surface area contributed by atoms with Gasteiger partial charge in [-0.05, 0) is 0 Å². The van der Waals surface area contributed by atoms with Gasteiger partial charge in [-0.25, -0.2) is 0 Å². The van der Waals surface area contributed by atoms with E-state index < -0.39 is 36.8 Å². The minimum atomic E-state index is -2.11. The van der Waals surface area contributed by atoms with Gasteiger partial charge >= 0.3 is 237 Å². The van der Waals surface area contributed by atoms with Crippen molar-refractivity contribution >= 4 is 76.6 Å². The van der Waals surface area contributed by atoms with E-state index >= 15 is 0 Å². The van der Waals surface area contributed by atoms with E-state index in [-0.39, 0.29) is 0 Å². The van der Waals surface area contributed by atoms with Crippen molar-refractivity contribution < 1.29 is 0 Å². The second kappa shape index (κ2) is 13.3. The Morgan fingerprint density at radius 1 is 0.543 bits per heavy atom. The summed E-state index contributed by atoms with van der Waals surface area (Å²) in [6.07, 6.45) is 16.8.